The van der Waals surface area contributed by atoms with Crippen LogP contribution in [0.4, 0.5) is 11.4 Å². The zero-order chi connectivity index (χ0) is 15.6. The number of nitrogen functional groups attached to an aromatic ring is 1. The lowest BCUT2D eigenvalue weighted by Gasteiger charge is -2.29. The highest BCUT2D eigenvalue weighted by Gasteiger charge is 2.27. The molecule has 0 radical (unpaired) electrons. The Balaban J connectivity index is 2.23. The summed E-state index contributed by atoms with van der Waals surface area (Å²) >= 11 is 0. The Labute approximate surface area is 123 Å². The summed E-state index contributed by atoms with van der Waals surface area (Å²) in [4.78, 5) is 11.2. The number of carboxylic acids is 1. The lowest BCUT2D eigenvalue weighted by Crippen LogP contribution is -2.41. The van der Waals surface area contributed by atoms with E-state index in [9.17, 15) is 13.2 Å². The molecular formula is C13H19N3O4S. The Morgan fingerprint density at radius 2 is 2.00 bits per heavy atom. The fraction of sp³-hybridized carbons (Fsp3) is 0.462. The van der Waals surface area contributed by atoms with Gasteiger partial charge in [0.2, 0.25) is 0 Å². The first-order valence-electron chi connectivity index (χ1n) is 6.70. The summed E-state index contributed by atoms with van der Waals surface area (Å²) in [6.07, 6.45) is 1.60. The van der Waals surface area contributed by atoms with Crippen molar-refractivity contribution in [3.63, 3.8) is 0 Å². The maximum atomic E-state index is 12.3. The highest BCUT2D eigenvalue weighted by Crippen LogP contribution is 2.23. The highest BCUT2D eigenvalue weighted by molar-refractivity contribution is 7.90. The fourth-order valence-corrected chi connectivity index (χ4v) is 3.53. The molecule has 21 heavy (non-hydrogen) atoms. The van der Waals surface area contributed by atoms with Crippen molar-refractivity contribution in [2.24, 2.45) is 5.92 Å². The molecule has 1 heterocycles. The van der Waals surface area contributed by atoms with E-state index < -0.39 is 16.2 Å². The smallest absolute Gasteiger partial charge is 0.337 e. The van der Waals surface area contributed by atoms with E-state index in [1.54, 1.807) is 0 Å². The van der Waals surface area contributed by atoms with Crippen molar-refractivity contribution in [1.82, 2.24) is 4.31 Å². The first kappa shape index (κ1) is 15.6. The van der Waals surface area contributed by atoms with Gasteiger partial charge in [-0.3, -0.25) is 4.72 Å². The zero-order valence-electron chi connectivity index (χ0n) is 11.7. The molecule has 1 fully saturated rings. The van der Waals surface area contributed by atoms with Gasteiger partial charge < -0.3 is 10.8 Å². The van der Waals surface area contributed by atoms with E-state index in [1.165, 1.54) is 22.5 Å². The molecule has 4 N–H and O–H groups in total. The SMILES string of the molecule is CC1CCN(S(=O)(=O)Nc2ccc(N)cc2C(=O)O)CC1. The largest absolute Gasteiger partial charge is 0.478 e. The monoisotopic (exact) mass is 313 g/mol. The predicted octanol–water partition coefficient (Wildman–Crippen LogP) is 1.36. The summed E-state index contributed by atoms with van der Waals surface area (Å²) in [6, 6.07) is 4.06. The lowest BCUT2D eigenvalue weighted by atomic mass is 10.0. The molecule has 0 amide bonds. The number of anilines is 2. The molecule has 0 bridgehead atoms. The number of aromatic carboxylic acids is 1. The van der Waals surface area contributed by atoms with Crippen LogP contribution in [0.5, 0.6) is 0 Å². The van der Waals surface area contributed by atoms with Gasteiger partial charge in [0.15, 0.2) is 0 Å². The number of hydrogen-bond acceptors (Lipinski definition) is 4. The normalized spacial score (nSPS) is 17.6. The second kappa shape index (κ2) is 5.90. The maximum Gasteiger partial charge on any atom is 0.337 e. The van der Waals surface area contributed by atoms with Crippen LogP contribution < -0.4 is 10.5 Å². The van der Waals surface area contributed by atoms with E-state index in [-0.39, 0.29) is 16.9 Å². The predicted molar refractivity (Wildman–Crippen MR) is 80.3 cm³/mol. The molecule has 0 saturated carbocycles. The van der Waals surface area contributed by atoms with E-state index in [1.807, 2.05) is 0 Å². The number of benzene rings is 1. The van der Waals surface area contributed by atoms with Gasteiger partial charge in [-0.25, -0.2) is 4.79 Å². The van der Waals surface area contributed by atoms with Crippen molar-refractivity contribution in [2.45, 2.75) is 19.8 Å². The molecule has 8 heteroatoms. The van der Waals surface area contributed by atoms with Gasteiger partial charge in [0, 0.05) is 18.8 Å². The standard InChI is InChI=1S/C13H19N3O4S/c1-9-4-6-16(7-5-9)21(19,20)15-12-3-2-10(14)8-11(12)13(17)18/h2-3,8-9,15H,4-7,14H2,1H3,(H,17,18). The van der Waals surface area contributed by atoms with Crippen LogP contribution in [0.15, 0.2) is 18.2 Å². The van der Waals surface area contributed by atoms with E-state index in [2.05, 4.69) is 11.6 Å². The van der Waals surface area contributed by atoms with Crippen molar-refractivity contribution in [3.8, 4) is 0 Å². The van der Waals surface area contributed by atoms with E-state index in [0.717, 1.165) is 12.8 Å². The topological polar surface area (TPSA) is 113 Å². The van der Waals surface area contributed by atoms with E-state index in [4.69, 9.17) is 10.8 Å². The zero-order valence-corrected chi connectivity index (χ0v) is 12.6. The number of piperidine rings is 1. The average Bonchev–Trinajstić information content (AvgIpc) is 2.41. The average molecular weight is 313 g/mol. The van der Waals surface area contributed by atoms with Crippen LogP contribution in [0.2, 0.25) is 0 Å². The maximum absolute atomic E-state index is 12.3. The van der Waals surface area contributed by atoms with Crippen LogP contribution in [-0.4, -0.2) is 36.9 Å². The third-order valence-electron chi connectivity index (χ3n) is 3.60. The van der Waals surface area contributed by atoms with Crippen molar-refractivity contribution < 1.29 is 18.3 Å². The number of nitrogens with zero attached hydrogens (tertiary/aromatic N) is 1. The molecule has 0 spiro atoms. The van der Waals surface area contributed by atoms with Crippen molar-refractivity contribution >= 4 is 27.6 Å². The number of rotatable bonds is 4. The Morgan fingerprint density at radius 1 is 1.38 bits per heavy atom. The number of carbonyl (C=O) groups is 1. The first-order valence-corrected chi connectivity index (χ1v) is 8.14. The number of carboxylic acid groups (broad SMARTS) is 1. The van der Waals surface area contributed by atoms with Gasteiger partial charge in [0.25, 0.3) is 0 Å². The minimum absolute atomic E-state index is 0.0234. The lowest BCUT2D eigenvalue weighted by molar-refractivity contribution is 0.0698. The Bertz CT molecular complexity index is 637. The number of nitrogens with two attached hydrogens (primary N) is 1. The molecule has 1 aliphatic rings. The van der Waals surface area contributed by atoms with Crippen LogP contribution in [0.1, 0.15) is 30.1 Å². The molecule has 1 aliphatic heterocycles. The molecular weight excluding hydrogens is 294 g/mol. The fourth-order valence-electron chi connectivity index (χ4n) is 2.26. The molecule has 1 aromatic rings. The van der Waals surface area contributed by atoms with Crippen molar-refractivity contribution in [1.29, 1.82) is 0 Å². The van der Waals surface area contributed by atoms with Gasteiger partial charge in [0.05, 0.1) is 11.3 Å². The van der Waals surface area contributed by atoms with Gasteiger partial charge in [0.1, 0.15) is 0 Å². The second-order valence-corrected chi connectivity index (χ2v) is 6.97. The van der Waals surface area contributed by atoms with Crippen LogP contribution >= 0.6 is 0 Å². The van der Waals surface area contributed by atoms with Crippen LogP contribution in [-0.2, 0) is 10.2 Å². The van der Waals surface area contributed by atoms with E-state index in [0.29, 0.717) is 19.0 Å². The van der Waals surface area contributed by atoms with Gasteiger partial charge in [-0.2, -0.15) is 12.7 Å². The van der Waals surface area contributed by atoms with Crippen molar-refractivity contribution in [2.75, 3.05) is 23.5 Å². The second-order valence-electron chi connectivity index (χ2n) is 5.30. The van der Waals surface area contributed by atoms with E-state index >= 15 is 0 Å². The third-order valence-corrected chi connectivity index (χ3v) is 5.12. The van der Waals surface area contributed by atoms with Gasteiger partial charge in [-0.1, -0.05) is 6.92 Å². The van der Waals surface area contributed by atoms with Crippen LogP contribution in [0, 0.1) is 5.92 Å². The summed E-state index contributed by atoms with van der Waals surface area (Å²) < 4.78 is 28.3. The van der Waals surface area contributed by atoms with Gasteiger partial charge >= 0.3 is 16.2 Å². The molecule has 1 aromatic carbocycles. The summed E-state index contributed by atoms with van der Waals surface area (Å²) in [6.45, 7) is 2.96. The molecule has 0 aromatic heterocycles. The summed E-state index contributed by atoms with van der Waals surface area (Å²) in [5, 5.41) is 9.13. The Hall–Kier alpha value is -1.80. The third kappa shape index (κ3) is 3.64. The molecule has 116 valence electrons. The minimum Gasteiger partial charge on any atom is -0.478 e. The van der Waals surface area contributed by atoms with Crippen LogP contribution in [0.3, 0.4) is 0 Å². The summed E-state index contributed by atoms with van der Waals surface area (Å²) in [7, 11) is -3.75. The number of nitrogens with one attached hydrogen (secondary N) is 1. The number of hydrogen-bond donors (Lipinski definition) is 3. The quantitative estimate of drug-likeness (QED) is 0.726. The molecule has 2 rings (SSSR count). The van der Waals surface area contributed by atoms with Crippen LogP contribution in [0.25, 0.3) is 0 Å². The Kier molecular flexibility index (Phi) is 4.38. The first-order chi connectivity index (χ1) is 9.79. The highest BCUT2D eigenvalue weighted by atomic mass is 32.2. The summed E-state index contributed by atoms with van der Waals surface area (Å²) in [5.74, 6) is -0.727. The molecule has 0 unspecified atom stereocenters. The van der Waals surface area contributed by atoms with Gasteiger partial charge in [-0.15, -0.1) is 0 Å². The molecule has 7 nitrogen and oxygen atoms in total. The molecule has 0 atom stereocenters. The van der Waals surface area contributed by atoms with Gasteiger partial charge in [-0.05, 0) is 37.0 Å². The molecule has 1 saturated heterocycles. The van der Waals surface area contributed by atoms with Crippen molar-refractivity contribution in [3.05, 3.63) is 23.8 Å². The summed E-state index contributed by atoms with van der Waals surface area (Å²) in [5.41, 5.74) is 5.66. The Morgan fingerprint density at radius 3 is 2.57 bits per heavy atom. The molecule has 0 aliphatic carbocycles. The minimum atomic E-state index is -3.75.